The van der Waals surface area contributed by atoms with Crippen LogP contribution >= 0.6 is 0 Å². The fourth-order valence-corrected chi connectivity index (χ4v) is 2.77. The van der Waals surface area contributed by atoms with Gasteiger partial charge in [-0.1, -0.05) is 0 Å². The molecular formula is C16H11F4N5O. The standard InChI is InChI=1S/C16H11F4N5O/c17-15(12-2-4-23-8-25-12)6-9(14(21)26)5-10(16(18,19)20)13(15)11-1-3-22-7-24-11/h1-5,7-8H,6H2,(H2,21,26). The summed E-state index contributed by atoms with van der Waals surface area (Å²) in [5.74, 6) is -1.15. The van der Waals surface area contributed by atoms with E-state index in [1.54, 1.807) is 0 Å². The normalized spacial score (nSPS) is 20.7. The predicted molar refractivity (Wildman–Crippen MR) is 81.7 cm³/mol. The summed E-state index contributed by atoms with van der Waals surface area (Å²) in [6.45, 7) is 0. The Labute approximate surface area is 144 Å². The van der Waals surface area contributed by atoms with Gasteiger partial charge in [-0.15, -0.1) is 0 Å². The van der Waals surface area contributed by atoms with Crippen molar-refractivity contribution in [2.24, 2.45) is 5.73 Å². The lowest BCUT2D eigenvalue weighted by Crippen LogP contribution is -2.34. The number of aromatic nitrogens is 4. The topological polar surface area (TPSA) is 94.7 Å². The van der Waals surface area contributed by atoms with Crippen molar-refractivity contribution in [1.29, 1.82) is 0 Å². The first-order chi connectivity index (χ1) is 12.2. The molecule has 1 aliphatic rings. The highest BCUT2D eigenvalue weighted by molar-refractivity contribution is 5.96. The summed E-state index contributed by atoms with van der Waals surface area (Å²) in [5, 5.41) is 0. The van der Waals surface area contributed by atoms with Gasteiger partial charge in [-0.25, -0.2) is 24.3 Å². The van der Waals surface area contributed by atoms with E-state index in [0.29, 0.717) is 6.08 Å². The molecule has 1 atom stereocenters. The van der Waals surface area contributed by atoms with Gasteiger partial charge in [-0.3, -0.25) is 4.79 Å². The number of alkyl halides is 4. The van der Waals surface area contributed by atoms with Crippen LogP contribution in [0.5, 0.6) is 0 Å². The largest absolute Gasteiger partial charge is 0.416 e. The number of allylic oxidation sites excluding steroid dienone is 3. The Morgan fingerprint density at radius 3 is 2.27 bits per heavy atom. The van der Waals surface area contributed by atoms with E-state index in [4.69, 9.17) is 5.73 Å². The van der Waals surface area contributed by atoms with Crippen molar-refractivity contribution < 1.29 is 22.4 Å². The van der Waals surface area contributed by atoms with Crippen LogP contribution in [0.3, 0.4) is 0 Å². The Kier molecular flexibility index (Phi) is 4.26. The molecule has 26 heavy (non-hydrogen) atoms. The van der Waals surface area contributed by atoms with Gasteiger partial charge >= 0.3 is 6.18 Å². The van der Waals surface area contributed by atoms with Crippen LogP contribution in [0.2, 0.25) is 0 Å². The van der Waals surface area contributed by atoms with Crippen molar-refractivity contribution >= 4 is 11.5 Å². The molecule has 134 valence electrons. The quantitative estimate of drug-likeness (QED) is 0.842. The molecule has 0 radical (unpaired) electrons. The second-order valence-electron chi connectivity index (χ2n) is 5.49. The molecule has 1 unspecified atom stereocenters. The van der Waals surface area contributed by atoms with Gasteiger partial charge in [-0.05, 0) is 18.2 Å². The fraction of sp³-hybridized carbons (Fsp3) is 0.188. The van der Waals surface area contributed by atoms with E-state index >= 15 is 4.39 Å². The molecule has 0 aromatic carbocycles. The highest BCUT2D eigenvalue weighted by Crippen LogP contribution is 2.51. The highest BCUT2D eigenvalue weighted by atomic mass is 19.4. The van der Waals surface area contributed by atoms with Crippen LogP contribution < -0.4 is 5.73 Å². The number of carbonyl (C=O) groups excluding carboxylic acids is 1. The van der Waals surface area contributed by atoms with Gasteiger partial charge in [-0.2, -0.15) is 13.2 Å². The minimum Gasteiger partial charge on any atom is -0.366 e. The predicted octanol–water partition coefficient (Wildman–Crippen LogP) is 2.26. The van der Waals surface area contributed by atoms with E-state index in [9.17, 15) is 18.0 Å². The summed E-state index contributed by atoms with van der Waals surface area (Å²) >= 11 is 0. The van der Waals surface area contributed by atoms with Gasteiger partial charge in [0.15, 0.2) is 5.67 Å². The van der Waals surface area contributed by atoms with Crippen LogP contribution in [0.4, 0.5) is 17.6 Å². The van der Waals surface area contributed by atoms with E-state index in [2.05, 4.69) is 19.9 Å². The first-order valence-corrected chi connectivity index (χ1v) is 7.27. The maximum Gasteiger partial charge on any atom is 0.416 e. The molecular weight excluding hydrogens is 354 g/mol. The summed E-state index contributed by atoms with van der Waals surface area (Å²) in [7, 11) is 0. The molecule has 0 fully saturated rings. The maximum atomic E-state index is 16.1. The molecule has 0 saturated heterocycles. The Bertz CT molecular complexity index is 896. The summed E-state index contributed by atoms with van der Waals surface area (Å²) in [5.41, 5.74) is -0.858. The molecule has 2 N–H and O–H groups in total. The zero-order valence-electron chi connectivity index (χ0n) is 13.0. The van der Waals surface area contributed by atoms with Crippen molar-refractivity contribution in [3.05, 3.63) is 65.8 Å². The molecule has 3 rings (SSSR count). The van der Waals surface area contributed by atoms with Gasteiger partial charge < -0.3 is 5.73 Å². The Morgan fingerprint density at radius 2 is 1.77 bits per heavy atom. The number of amides is 1. The average Bonchev–Trinajstić information content (AvgIpc) is 2.61. The summed E-state index contributed by atoms with van der Waals surface area (Å²) in [6, 6.07) is 2.29. The summed E-state index contributed by atoms with van der Waals surface area (Å²) in [4.78, 5) is 26.3. The minimum absolute atomic E-state index is 0.270. The van der Waals surface area contributed by atoms with Crippen LogP contribution in [-0.4, -0.2) is 32.0 Å². The number of primary amides is 1. The van der Waals surface area contributed by atoms with Gasteiger partial charge in [0.2, 0.25) is 5.91 Å². The molecule has 1 aliphatic carbocycles. The highest BCUT2D eigenvalue weighted by Gasteiger charge is 2.50. The van der Waals surface area contributed by atoms with Crippen LogP contribution in [0, 0.1) is 0 Å². The van der Waals surface area contributed by atoms with Crippen LogP contribution in [0.15, 0.2) is 54.4 Å². The lowest BCUT2D eigenvalue weighted by Gasteiger charge is -2.33. The lowest BCUT2D eigenvalue weighted by atomic mass is 9.76. The molecule has 0 spiro atoms. The number of carbonyl (C=O) groups is 1. The van der Waals surface area contributed by atoms with Crippen molar-refractivity contribution in [2.75, 3.05) is 0 Å². The van der Waals surface area contributed by atoms with Crippen molar-refractivity contribution in [2.45, 2.75) is 18.3 Å². The minimum atomic E-state index is -4.95. The van der Waals surface area contributed by atoms with Crippen molar-refractivity contribution in [1.82, 2.24) is 19.9 Å². The third-order valence-electron chi connectivity index (χ3n) is 3.87. The number of hydrogen-bond acceptors (Lipinski definition) is 5. The third-order valence-corrected chi connectivity index (χ3v) is 3.87. The fourth-order valence-electron chi connectivity index (χ4n) is 2.77. The molecule has 10 heteroatoms. The van der Waals surface area contributed by atoms with Gasteiger partial charge in [0.1, 0.15) is 12.7 Å². The average molecular weight is 365 g/mol. The maximum absolute atomic E-state index is 16.1. The van der Waals surface area contributed by atoms with Gasteiger partial charge in [0, 0.05) is 30.0 Å². The third kappa shape index (κ3) is 3.05. The number of nitrogens with zero attached hydrogens (tertiary/aromatic N) is 4. The van der Waals surface area contributed by atoms with E-state index in [0.717, 1.165) is 24.8 Å². The van der Waals surface area contributed by atoms with Gasteiger partial charge in [0.25, 0.3) is 0 Å². The number of nitrogens with two attached hydrogens (primary N) is 1. The lowest BCUT2D eigenvalue weighted by molar-refractivity contribution is -0.115. The number of halogens is 4. The van der Waals surface area contributed by atoms with Crippen LogP contribution in [0.1, 0.15) is 17.8 Å². The van der Waals surface area contributed by atoms with Gasteiger partial charge in [0.05, 0.1) is 17.0 Å². The van der Waals surface area contributed by atoms with Crippen LogP contribution in [0.25, 0.3) is 5.57 Å². The second-order valence-corrected chi connectivity index (χ2v) is 5.49. The monoisotopic (exact) mass is 365 g/mol. The van der Waals surface area contributed by atoms with E-state index in [-0.39, 0.29) is 11.4 Å². The summed E-state index contributed by atoms with van der Waals surface area (Å²) < 4.78 is 57.1. The molecule has 1 amide bonds. The Hall–Kier alpha value is -3.17. The second kappa shape index (κ2) is 6.28. The number of rotatable bonds is 3. The first kappa shape index (κ1) is 17.6. The summed E-state index contributed by atoms with van der Waals surface area (Å²) in [6.07, 6.45) is -0.718. The SMILES string of the molecule is NC(=O)C1=CC(C(F)(F)F)=C(c2ccncn2)C(F)(c2ccncn2)C1. The molecule has 2 aromatic heterocycles. The molecule has 0 saturated carbocycles. The smallest absolute Gasteiger partial charge is 0.366 e. The van der Waals surface area contributed by atoms with E-state index < -0.39 is 40.9 Å². The Balaban J connectivity index is 2.38. The number of hydrogen-bond donors (Lipinski definition) is 1. The van der Waals surface area contributed by atoms with E-state index in [1.807, 2.05) is 0 Å². The molecule has 2 aromatic rings. The zero-order valence-corrected chi connectivity index (χ0v) is 13.0. The van der Waals surface area contributed by atoms with Crippen LogP contribution in [-0.2, 0) is 10.5 Å². The van der Waals surface area contributed by atoms with Crippen molar-refractivity contribution in [3.63, 3.8) is 0 Å². The molecule has 2 heterocycles. The zero-order chi connectivity index (χ0) is 18.9. The van der Waals surface area contributed by atoms with Crippen molar-refractivity contribution in [3.8, 4) is 0 Å². The first-order valence-electron chi connectivity index (χ1n) is 7.27. The molecule has 0 aliphatic heterocycles. The Morgan fingerprint density at radius 1 is 1.12 bits per heavy atom. The van der Waals surface area contributed by atoms with E-state index in [1.165, 1.54) is 12.4 Å². The molecule has 6 nitrogen and oxygen atoms in total. The molecule has 0 bridgehead atoms.